The van der Waals surface area contributed by atoms with Gasteiger partial charge in [0.15, 0.2) is 0 Å². The lowest BCUT2D eigenvalue weighted by Crippen LogP contribution is -2.34. The molecule has 1 fully saturated rings. The van der Waals surface area contributed by atoms with Crippen LogP contribution >= 0.6 is 0 Å². The molecule has 1 aliphatic heterocycles. The lowest BCUT2D eigenvalue weighted by Gasteiger charge is -2.17. The molecule has 1 atom stereocenters. The van der Waals surface area contributed by atoms with E-state index in [1.165, 1.54) is 12.1 Å². The molecule has 0 saturated carbocycles. The minimum atomic E-state index is -3.73. The Labute approximate surface area is 153 Å². The highest BCUT2D eigenvalue weighted by molar-refractivity contribution is 7.89. The third kappa shape index (κ3) is 4.44. The van der Waals surface area contributed by atoms with Gasteiger partial charge in [-0.2, -0.15) is 0 Å². The monoisotopic (exact) mass is 374 g/mol. The van der Waals surface area contributed by atoms with E-state index in [0.717, 1.165) is 25.9 Å². The molecule has 3 rings (SSSR count). The number of likely N-dealkylation sites (tertiary alicyclic amines) is 1. The van der Waals surface area contributed by atoms with E-state index in [9.17, 15) is 13.2 Å². The Morgan fingerprint density at radius 1 is 1.27 bits per heavy atom. The summed E-state index contributed by atoms with van der Waals surface area (Å²) in [5.41, 5.74) is 1.11. The highest BCUT2D eigenvalue weighted by Gasteiger charge is 2.23. The molecule has 1 amide bonds. The summed E-state index contributed by atoms with van der Waals surface area (Å²) in [6.07, 6.45) is 7.17. The highest BCUT2D eigenvalue weighted by atomic mass is 32.2. The van der Waals surface area contributed by atoms with Crippen molar-refractivity contribution in [1.82, 2.24) is 19.6 Å². The number of nitrogens with one attached hydrogen (secondary N) is 1. The van der Waals surface area contributed by atoms with Gasteiger partial charge in [0.2, 0.25) is 10.0 Å². The van der Waals surface area contributed by atoms with Gasteiger partial charge in [-0.3, -0.25) is 14.8 Å². The summed E-state index contributed by atoms with van der Waals surface area (Å²) in [4.78, 5) is 22.5. The Balaban J connectivity index is 1.72. The molecule has 26 heavy (non-hydrogen) atoms. The first kappa shape index (κ1) is 18.5. The van der Waals surface area contributed by atoms with Gasteiger partial charge in [0.05, 0.1) is 10.6 Å². The molecule has 1 aromatic heterocycles. The van der Waals surface area contributed by atoms with Crippen LogP contribution in [0.4, 0.5) is 0 Å². The van der Waals surface area contributed by atoms with Crippen LogP contribution in [0.3, 0.4) is 0 Å². The Bertz CT molecular complexity index is 865. The Morgan fingerprint density at radius 2 is 2.04 bits per heavy atom. The molecule has 1 N–H and O–H groups in total. The maximum absolute atomic E-state index is 12.7. The van der Waals surface area contributed by atoms with E-state index >= 15 is 0 Å². The minimum absolute atomic E-state index is 0.0912. The fourth-order valence-corrected chi connectivity index (χ4v) is 4.31. The maximum Gasteiger partial charge on any atom is 0.253 e. The molecule has 7 nitrogen and oxygen atoms in total. The molecule has 1 saturated heterocycles. The van der Waals surface area contributed by atoms with Crippen LogP contribution in [0.25, 0.3) is 0 Å². The van der Waals surface area contributed by atoms with Crippen molar-refractivity contribution >= 4 is 15.9 Å². The molecule has 0 unspecified atom stereocenters. The van der Waals surface area contributed by atoms with Crippen LogP contribution in [0.1, 0.15) is 35.8 Å². The van der Waals surface area contributed by atoms with Crippen molar-refractivity contribution in [3.63, 3.8) is 0 Å². The van der Waals surface area contributed by atoms with Crippen LogP contribution in [-0.4, -0.2) is 48.3 Å². The molecule has 1 aliphatic rings. The van der Waals surface area contributed by atoms with Gasteiger partial charge in [-0.1, -0.05) is 6.07 Å². The van der Waals surface area contributed by atoms with Crippen molar-refractivity contribution < 1.29 is 13.2 Å². The second-order valence-corrected chi connectivity index (χ2v) is 8.16. The van der Waals surface area contributed by atoms with E-state index < -0.39 is 10.0 Å². The summed E-state index contributed by atoms with van der Waals surface area (Å²) in [6, 6.07) is 5.85. The molecule has 0 radical (unpaired) electrons. The Hall–Kier alpha value is -2.32. The van der Waals surface area contributed by atoms with Crippen LogP contribution < -0.4 is 4.72 Å². The summed E-state index contributed by atoms with van der Waals surface area (Å²) in [7, 11) is -3.73. The van der Waals surface area contributed by atoms with Gasteiger partial charge in [-0.25, -0.2) is 13.1 Å². The van der Waals surface area contributed by atoms with E-state index in [1.54, 1.807) is 42.5 Å². The number of nitrogens with zero attached hydrogens (tertiary/aromatic N) is 3. The standard InChI is InChI=1S/C18H22N4O3S/c1-14(11-16-13-19-7-8-20-16)21-26(24,25)17-6-4-5-15(12-17)18(23)22-9-2-3-10-22/h4-8,12-14,21H,2-3,9-11H2,1H3/t14-/m0/s1. The molecule has 0 aliphatic carbocycles. The smallest absolute Gasteiger partial charge is 0.253 e. The van der Waals surface area contributed by atoms with Crippen molar-refractivity contribution in [2.24, 2.45) is 0 Å². The Kier molecular flexibility index (Phi) is 5.63. The number of aromatic nitrogens is 2. The second kappa shape index (κ2) is 7.92. The number of carbonyl (C=O) groups is 1. The number of carbonyl (C=O) groups excluding carboxylic acids is 1. The summed E-state index contributed by atoms with van der Waals surface area (Å²) in [5.74, 6) is -0.118. The highest BCUT2D eigenvalue weighted by Crippen LogP contribution is 2.17. The first-order valence-electron chi connectivity index (χ1n) is 8.62. The van der Waals surface area contributed by atoms with Gasteiger partial charge in [0, 0.05) is 49.7 Å². The third-order valence-electron chi connectivity index (χ3n) is 4.27. The second-order valence-electron chi connectivity index (χ2n) is 6.45. The normalized spacial score (nSPS) is 15.8. The number of benzene rings is 1. The first-order valence-corrected chi connectivity index (χ1v) is 10.1. The number of sulfonamides is 1. The van der Waals surface area contributed by atoms with Crippen molar-refractivity contribution in [1.29, 1.82) is 0 Å². The van der Waals surface area contributed by atoms with Crippen LogP contribution in [0.5, 0.6) is 0 Å². The number of hydrogen-bond acceptors (Lipinski definition) is 5. The molecular formula is C18H22N4O3S. The van der Waals surface area contributed by atoms with Crippen molar-refractivity contribution in [2.45, 2.75) is 37.1 Å². The number of amides is 1. The van der Waals surface area contributed by atoms with Crippen LogP contribution in [0, 0.1) is 0 Å². The minimum Gasteiger partial charge on any atom is -0.339 e. The van der Waals surface area contributed by atoms with Crippen molar-refractivity contribution in [3.05, 3.63) is 54.1 Å². The Morgan fingerprint density at radius 3 is 2.73 bits per heavy atom. The topological polar surface area (TPSA) is 92.3 Å². The molecule has 0 spiro atoms. The molecule has 2 aromatic rings. The van der Waals surface area contributed by atoms with E-state index in [2.05, 4.69) is 14.7 Å². The van der Waals surface area contributed by atoms with Crippen LogP contribution in [-0.2, 0) is 16.4 Å². The van der Waals surface area contributed by atoms with Gasteiger partial charge >= 0.3 is 0 Å². The fraction of sp³-hybridized carbons (Fsp3) is 0.389. The third-order valence-corrected chi connectivity index (χ3v) is 5.86. The van der Waals surface area contributed by atoms with Gasteiger partial charge in [-0.05, 0) is 38.0 Å². The average Bonchev–Trinajstić information content (AvgIpc) is 3.16. The zero-order chi connectivity index (χ0) is 18.6. The quantitative estimate of drug-likeness (QED) is 0.829. The van der Waals surface area contributed by atoms with E-state index in [4.69, 9.17) is 0 Å². The summed E-state index contributed by atoms with van der Waals surface area (Å²) in [5, 5.41) is 0. The van der Waals surface area contributed by atoms with E-state index in [-0.39, 0.29) is 16.8 Å². The lowest BCUT2D eigenvalue weighted by molar-refractivity contribution is 0.0792. The average molecular weight is 374 g/mol. The van der Waals surface area contributed by atoms with E-state index in [0.29, 0.717) is 17.7 Å². The molecule has 8 heteroatoms. The zero-order valence-electron chi connectivity index (χ0n) is 14.6. The predicted octanol–water partition coefficient (Wildman–Crippen LogP) is 1.62. The zero-order valence-corrected chi connectivity index (χ0v) is 15.4. The molecular weight excluding hydrogens is 352 g/mol. The number of hydrogen-bond donors (Lipinski definition) is 1. The summed E-state index contributed by atoms with van der Waals surface area (Å²) in [6.45, 7) is 3.22. The van der Waals surface area contributed by atoms with E-state index in [1.807, 2.05) is 0 Å². The van der Waals surface area contributed by atoms with Gasteiger partial charge < -0.3 is 4.90 Å². The predicted molar refractivity (Wildman–Crippen MR) is 97.1 cm³/mol. The lowest BCUT2D eigenvalue weighted by atomic mass is 10.2. The van der Waals surface area contributed by atoms with Gasteiger partial charge in [0.25, 0.3) is 5.91 Å². The largest absolute Gasteiger partial charge is 0.339 e. The van der Waals surface area contributed by atoms with Crippen molar-refractivity contribution in [2.75, 3.05) is 13.1 Å². The molecule has 0 bridgehead atoms. The van der Waals surface area contributed by atoms with Gasteiger partial charge in [-0.15, -0.1) is 0 Å². The maximum atomic E-state index is 12.7. The summed E-state index contributed by atoms with van der Waals surface area (Å²) >= 11 is 0. The molecule has 1 aromatic carbocycles. The molecule has 138 valence electrons. The van der Waals surface area contributed by atoms with Crippen molar-refractivity contribution in [3.8, 4) is 0 Å². The SMILES string of the molecule is C[C@@H](Cc1cnccn1)NS(=O)(=O)c1cccc(C(=O)N2CCCC2)c1. The number of rotatable bonds is 6. The molecule has 2 heterocycles. The van der Waals surface area contributed by atoms with Crippen LogP contribution in [0.2, 0.25) is 0 Å². The summed E-state index contributed by atoms with van der Waals surface area (Å²) < 4.78 is 27.9. The fourth-order valence-electron chi connectivity index (χ4n) is 3.02. The van der Waals surface area contributed by atoms with Gasteiger partial charge in [0.1, 0.15) is 0 Å². The first-order chi connectivity index (χ1) is 12.5. The van der Waals surface area contributed by atoms with Crippen LogP contribution in [0.15, 0.2) is 47.8 Å².